The van der Waals surface area contributed by atoms with E-state index in [1.165, 1.54) is 16.7 Å². The van der Waals surface area contributed by atoms with Crippen molar-refractivity contribution in [2.24, 2.45) is 0 Å². The third-order valence-electron chi connectivity index (χ3n) is 8.05. The first-order valence-corrected chi connectivity index (χ1v) is 14.1. The number of halogens is 2. The van der Waals surface area contributed by atoms with Crippen LogP contribution >= 0.6 is 0 Å². The lowest BCUT2D eigenvalue weighted by Gasteiger charge is -2.35. The van der Waals surface area contributed by atoms with Gasteiger partial charge in [-0.15, -0.1) is 0 Å². The molecule has 7 nitrogen and oxygen atoms in total. The SMILES string of the molecule is CC(C)c1nccc2c1-n1c(=O)nc(N3CCCC[C@@H]3C)c3cc(F)c(nc31)-c1c(F)cccc1CCOCC2. The predicted octanol–water partition coefficient (Wildman–Crippen LogP) is 5.74. The van der Waals surface area contributed by atoms with Gasteiger partial charge in [0.2, 0.25) is 0 Å². The molecule has 1 saturated heterocycles. The Morgan fingerprint density at radius 2 is 1.82 bits per heavy atom. The summed E-state index contributed by atoms with van der Waals surface area (Å²) in [5.41, 5.74) is 2.42. The molecule has 3 aromatic heterocycles. The summed E-state index contributed by atoms with van der Waals surface area (Å²) in [6.07, 6.45) is 5.64. The van der Waals surface area contributed by atoms with E-state index in [0.29, 0.717) is 60.7 Å². The van der Waals surface area contributed by atoms with Crippen molar-refractivity contribution in [3.05, 3.63) is 75.5 Å². The number of nitrogens with zero attached hydrogens (tertiary/aromatic N) is 5. The maximum absolute atomic E-state index is 16.1. The lowest BCUT2D eigenvalue weighted by atomic mass is 9.99. The molecule has 2 bridgehead atoms. The average molecular weight is 546 g/mol. The van der Waals surface area contributed by atoms with Crippen LogP contribution in [0.5, 0.6) is 0 Å². The van der Waals surface area contributed by atoms with E-state index in [1.54, 1.807) is 18.3 Å². The van der Waals surface area contributed by atoms with Gasteiger partial charge in [0.05, 0.1) is 30.0 Å². The first-order valence-electron chi connectivity index (χ1n) is 14.1. The van der Waals surface area contributed by atoms with Crippen LogP contribution in [0.25, 0.3) is 28.0 Å². The fourth-order valence-electron chi connectivity index (χ4n) is 6.02. The van der Waals surface area contributed by atoms with Gasteiger partial charge < -0.3 is 9.64 Å². The molecule has 2 aliphatic heterocycles. The van der Waals surface area contributed by atoms with Gasteiger partial charge in [0, 0.05) is 24.3 Å². The zero-order valence-electron chi connectivity index (χ0n) is 23.1. The number of aromatic nitrogens is 4. The number of fused-ring (bicyclic) bond motifs is 5. The first kappa shape index (κ1) is 26.5. The highest BCUT2D eigenvalue weighted by Gasteiger charge is 2.28. The molecule has 2 aliphatic rings. The molecule has 4 aromatic rings. The van der Waals surface area contributed by atoms with Crippen LogP contribution in [0.3, 0.4) is 0 Å². The lowest BCUT2D eigenvalue weighted by Crippen LogP contribution is -2.40. The van der Waals surface area contributed by atoms with Crippen molar-refractivity contribution < 1.29 is 13.5 Å². The second kappa shape index (κ2) is 10.7. The molecule has 40 heavy (non-hydrogen) atoms. The number of benzene rings is 1. The monoisotopic (exact) mass is 545 g/mol. The number of rotatable bonds is 2. The quantitative estimate of drug-likeness (QED) is 0.320. The van der Waals surface area contributed by atoms with Gasteiger partial charge in [-0.3, -0.25) is 4.98 Å². The summed E-state index contributed by atoms with van der Waals surface area (Å²) in [6.45, 7) is 7.55. The van der Waals surface area contributed by atoms with Crippen LogP contribution in [0.15, 0.2) is 41.3 Å². The number of pyridine rings is 2. The highest BCUT2D eigenvalue weighted by Crippen LogP contribution is 2.36. The summed E-state index contributed by atoms with van der Waals surface area (Å²) < 4.78 is 38.8. The van der Waals surface area contributed by atoms with Gasteiger partial charge in [-0.25, -0.2) is 23.1 Å². The van der Waals surface area contributed by atoms with E-state index in [0.717, 1.165) is 24.8 Å². The van der Waals surface area contributed by atoms with Crippen molar-refractivity contribution in [3.8, 4) is 16.9 Å². The average Bonchev–Trinajstić information content (AvgIpc) is 2.94. The highest BCUT2D eigenvalue weighted by molar-refractivity contribution is 5.90. The van der Waals surface area contributed by atoms with Crippen LogP contribution in [0, 0.1) is 11.6 Å². The van der Waals surface area contributed by atoms with Crippen molar-refractivity contribution in [1.29, 1.82) is 0 Å². The number of ether oxygens (including phenoxy) is 1. The van der Waals surface area contributed by atoms with E-state index in [-0.39, 0.29) is 28.9 Å². The second-order valence-corrected chi connectivity index (χ2v) is 11.0. The molecule has 1 fully saturated rings. The van der Waals surface area contributed by atoms with Gasteiger partial charge in [0.15, 0.2) is 5.65 Å². The minimum atomic E-state index is -0.664. The van der Waals surface area contributed by atoms with Crippen molar-refractivity contribution in [2.75, 3.05) is 24.7 Å². The standard InChI is InChI=1S/C31H33F2N5O2/c1-18(2)26-28-21(10-13-34-26)12-16-40-15-11-20-8-6-9-23(32)25(20)27-24(33)17-22-29(37-14-5-4-7-19(37)3)36-31(39)38(28)30(22)35-27/h6,8-10,13,17-19H,4-5,7,11-12,14-16H2,1-3H3/t19-/m0/s1. The van der Waals surface area contributed by atoms with Crippen LogP contribution in [0.2, 0.25) is 0 Å². The van der Waals surface area contributed by atoms with Crippen molar-refractivity contribution in [3.63, 3.8) is 0 Å². The van der Waals surface area contributed by atoms with E-state index in [9.17, 15) is 4.79 Å². The summed E-state index contributed by atoms with van der Waals surface area (Å²) in [5.74, 6) is -0.841. The molecule has 5 heterocycles. The summed E-state index contributed by atoms with van der Waals surface area (Å²) in [5, 5.41) is 0.420. The van der Waals surface area contributed by atoms with E-state index in [1.807, 2.05) is 19.9 Å². The van der Waals surface area contributed by atoms with Crippen LogP contribution in [-0.4, -0.2) is 45.3 Å². The van der Waals surface area contributed by atoms with Crippen LogP contribution in [0.1, 0.15) is 62.8 Å². The minimum Gasteiger partial charge on any atom is -0.381 e. The topological polar surface area (TPSA) is 73.1 Å². The van der Waals surface area contributed by atoms with Gasteiger partial charge in [0.25, 0.3) is 0 Å². The Morgan fingerprint density at radius 3 is 2.60 bits per heavy atom. The number of piperidine rings is 1. The fourth-order valence-corrected chi connectivity index (χ4v) is 6.02. The van der Waals surface area contributed by atoms with Gasteiger partial charge >= 0.3 is 5.69 Å². The Hall–Kier alpha value is -3.72. The molecule has 0 aliphatic carbocycles. The van der Waals surface area contributed by atoms with Gasteiger partial charge in [-0.2, -0.15) is 4.98 Å². The zero-order chi connectivity index (χ0) is 28.0. The van der Waals surface area contributed by atoms with Crippen molar-refractivity contribution >= 4 is 16.9 Å². The number of anilines is 1. The maximum Gasteiger partial charge on any atom is 0.355 e. The Morgan fingerprint density at radius 1 is 1.02 bits per heavy atom. The lowest BCUT2D eigenvalue weighted by molar-refractivity contribution is 0.140. The van der Waals surface area contributed by atoms with Crippen LogP contribution in [0.4, 0.5) is 14.6 Å². The summed E-state index contributed by atoms with van der Waals surface area (Å²) in [6, 6.07) is 8.06. The first-order chi connectivity index (χ1) is 19.3. The maximum atomic E-state index is 16.1. The molecule has 9 heteroatoms. The molecule has 0 radical (unpaired) electrons. The highest BCUT2D eigenvalue weighted by atomic mass is 19.1. The Balaban J connectivity index is 1.76. The van der Waals surface area contributed by atoms with Gasteiger partial charge in [0.1, 0.15) is 23.1 Å². The Kier molecular flexibility index (Phi) is 7.08. The second-order valence-electron chi connectivity index (χ2n) is 11.0. The van der Waals surface area contributed by atoms with E-state index < -0.39 is 17.3 Å². The van der Waals surface area contributed by atoms with Crippen molar-refractivity contribution in [2.45, 2.75) is 64.8 Å². The Bertz CT molecular complexity index is 1650. The van der Waals surface area contributed by atoms with Crippen LogP contribution in [-0.2, 0) is 17.6 Å². The van der Waals surface area contributed by atoms with Crippen molar-refractivity contribution in [1.82, 2.24) is 19.5 Å². The van der Waals surface area contributed by atoms with Gasteiger partial charge in [-0.1, -0.05) is 26.0 Å². The summed E-state index contributed by atoms with van der Waals surface area (Å²) in [4.78, 5) is 30.1. The van der Waals surface area contributed by atoms with Crippen LogP contribution < -0.4 is 10.6 Å². The molecule has 0 amide bonds. The molecular formula is C31H33F2N5O2. The number of hydrogen-bond donors (Lipinski definition) is 0. The Labute approximate surface area is 231 Å². The summed E-state index contributed by atoms with van der Waals surface area (Å²) in [7, 11) is 0. The third-order valence-corrected chi connectivity index (χ3v) is 8.05. The smallest absolute Gasteiger partial charge is 0.355 e. The molecule has 6 rings (SSSR count). The molecule has 0 unspecified atom stereocenters. The molecular weight excluding hydrogens is 512 g/mol. The minimum absolute atomic E-state index is 0.0200. The molecule has 1 aromatic carbocycles. The molecule has 208 valence electrons. The van der Waals surface area contributed by atoms with E-state index in [2.05, 4.69) is 21.8 Å². The van der Waals surface area contributed by atoms with E-state index in [4.69, 9.17) is 9.72 Å². The zero-order valence-corrected chi connectivity index (χ0v) is 23.1. The van der Waals surface area contributed by atoms with E-state index >= 15 is 8.78 Å². The normalized spacial score (nSPS) is 17.8. The third kappa shape index (κ3) is 4.56. The largest absolute Gasteiger partial charge is 0.381 e. The summed E-state index contributed by atoms with van der Waals surface area (Å²) >= 11 is 0. The predicted molar refractivity (Wildman–Crippen MR) is 151 cm³/mol. The number of hydrogen-bond acceptors (Lipinski definition) is 6. The molecule has 0 N–H and O–H groups in total. The molecule has 1 atom stereocenters. The fraction of sp³-hybridized carbons (Fsp3) is 0.419. The molecule has 0 saturated carbocycles. The molecule has 0 spiro atoms. The van der Waals surface area contributed by atoms with Gasteiger partial charge in [-0.05, 0) is 74.3 Å².